The molecule has 0 fully saturated rings. The van der Waals surface area contributed by atoms with Crippen molar-refractivity contribution >= 4 is 34.7 Å². The lowest BCUT2D eigenvalue weighted by atomic mass is 9.92. The summed E-state index contributed by atoms with van der Waals surface area (Å²) in [5.74, 6) is -2.38. The number of aliphatic hydroxyl groups excluding tert-OH is 1. The molecule has 0 saturated heterocycles. The van der Waals surface area contributed by atoms with Crippen molar-refractivity contribution < 1.29 is 23.5 Å². The normalized spacial score (nSPS) is 19.9. The van der Waals surface area contributed by atoms with Gasteiger partial charge < -0.3 is 15.3 Å². The zero-order valence-electron chi connectivity index (χ0n) is 21.4. The quantitative estimate of drug-likeness (QED) is 0.375. The highest BCUT2D eigenvalue weighted by Gasteiger charge is 2.31. The van der Waals surface area contributed by atoms with Crippen LogP contribution in [-0.4, -0.2) is 33.3 Å². The molecule has 0 aliphatic carbocycles. The van der Waals surface area contributed by atoms with E-state index in [4.69, 9.17) is 11.6 Å². The van der Waals surface area contributed by atoms with Crippen LogP contribution in [0.15, 0.2) is 54.7 Å². The van der Waals surface area contributed by atoms with Crippen molar-refractivity contribution in [2.24, 2.45) is 5.92 Å². The predicted molar refractivity (Wildman–Crippen MR) is 146 cm³/mol. The molecule has 2 aromatic carbocycles. The van der Waals surface area contributed by atoms with Crippen molar-refractivity contribution in [3.05, 3.63) is 88.2 Å². The number of nitrogens with one attached hydrogen (secondary N) is 1. The fourth-order valence-electron chi connectivity index (χ4n) is 5.29. The molecular weight excluding hydrogens is 524 g/mol. The minimum absolute atomic E-state index is 0.105. The minimum atomic E-state index is -0.877. The van der Waals surface area contributed by atoms with Crippen molar-refractivity contribution in [3.63, 3.8) is 0 Å². The number of pyridine rings is 1. The average molecular weight is 552 g/mol. The van der Waals surface area contributed by atoms with Crippen LogP contribution in [0.25, 0.3) is 16.7 Å². The standard InChI is InChI=1S/C30H28ClF2N3O3/c1-17-3-2-4-26(36-12-10-20(15-27(36)38)28-23(32)7-6-22(31)29(28)33)25-14-19(9-11-34-25)21-13-18(16-37)5-8-24(21)35-30(17)39/h5-9,11,13-15,17,26,37H,2-4,10,12,16H2,1H3,(H,35,39). The van der Waals surface area contributed by atoms with Crippen molar-refractivity contribution in [3.8, 4) is 11.1 Å². The molecular formula is C30H28ClF2N3O3. The lowest BCUT2D eigenvalue weighted by Crippen LogP contribution is -2.38. The van der Waals surface area contributed by atoms with Crippen LogP contribution in [0.3, 0.4) is 0 Å². The van der Waals surface area contributed by atoms with Gasteiger partial charge >= 0.3 is 0 Å². The molecule has 2 bridgehead atoms. The van der Waals surface area contributed by atoms with E-state index in [-0.39, 0.29) is 53.5 Å². The highest BCUT2D eigenvalue weighted by Crippen LogP contribution is 2.37. The van der Waals surface area contributed by atoms with Crippen molar-refractivity contribution in [2.75, 3.05) is 11.9 Å². The Morgan fingerprint density at radius 3 is 2.72 bits per heavy atom. The zero-order valence-corrected chi connectivity index (χ0v) is 22.1. The second-order valence-corrected chi connectivity index (χ2v) is 10.4. The number of rotatable bonds is 3. The number of aliphatic hydroxyl groups is 1. The summed E-state index contributed by atoms with van der Waals surface area (Å²) in [4.78, 5) is 32.6. The van der Waals surface area contributed by atoms with Crippen LogP contribution in [0, 0.1) is 17.6 Å². The summed E-state index contributed by atoms with van der Waals surface area (Å²) in [7, 11) is 0. The van der Waals surface area contributed by atoms with E-state index in [0.717, 1.165) is 23.3 Å². The van der Waals surface area contributed by atoms with E-state index < -0.39 is 17.7 Å². The van der Waals surface area contributed by atoms with E-state index in [0.29, 0.717) is 36.2 Å². The van der Waals surface area contributed by atoms with Gasteiger partial charge in [-0.2, -0.15) is 0 Å². The number of hydrogen-bond acceptors (Lipinski definition) is 4. The third-order valence-electron chi connectivity index (χ3n) is 7.46. The number of anilines is 1. The van der Waals surface area contributed by atoms with Gasteiger partial charge in [-0.3, -0.25) is 14.6 Å². The van der Waals surface area contributed by atoms with Crippen LogP contribution in [0.2, 0.25) is 5.02 Å². The monoisotopic (exact) mass is 551 g/mol. The molecule has 9 heteroatoms. The molecule has 2 aliphatic heterocycles. The number of benzene rings is 2. The molecule has 3 heterocycles. The number of nitrogens with zero attached hydrogens (tertiary/aromatic N) is 2. The van der Waals surface area contributed by atoms with Crippen LogP contribution in [-0.2, 0) is 16.2 Å². The maximum Gasteiger partial charge on any atom is 0.247 e. The Balaban J connectivity index is 1.54. The number of halogens is 3. The molecule has 0 radical (unpaired) electrons. The Bertz CT molecular complexity index is 1480. The molecule has 39 heavy (non-hydrogen) atoms. The number of fused-ring (bicyclic) bond motifs is 4. The van der Waals surface area contributed by atoms with E-state index in [1.165, 1.54) is 6.08 Å². The fraction of sp³-hybridized carbons (Fsp3) is 0.300. The SMILES string of the molecule is CC1CCCC(N2CCC(c3c(F)ccc(Cl)c3F)=CC2=O)c2cc(ccn2)-c2cc(CO)ccc2NC1=O. The highest BCUT2D eigenvalue weighted by atomic mass is 35.5. The maximum absolute atomic E-state index is 14.7. The molecule has 0 spiro atoms. The Morgan fingerprint density at radius 2 is 1.95 bits per heavy atom. The third kappa shape index (κ3) is 5.44. The fourth-order valence-corrected chi connectivity index (χ4v) is 5.44. The van der Waals surface area contributed by atoms with Gasteiger partial charge in [-0.15, -0.1) is 0 Å². The molecule has 2 aliphatic rings. The van der Waals surface area contributed by atoms with E-state index >= 15 is 0 Å². The van der Waals surface area contributed by atoms with Gasteiger partial charge in [0.1, 0.15) is 5.82 Å². The number of carbonyl (C=O) groups is 2. The second kappa shape index (κ2) is 11.2. The molecule has 2 unspecified atom stereocenters. The Hall–Kier alpha value is -3.62. The number of aromatic nitrogens is 1. The second-order valence-electron chi connectivity index (χ2n) is 10.0. The lowest BCUT2D eigenvalue weighted by Gasteiger charge is -2.34. The number of amides is 2. The van der Waals surface area contributed by atoms with Crippen LogP contribution in [0.5, 0.6) is 0 Å². The summed E-state index contributed by atoms with van der Waals surface area (Å²) in [6.07, 6.45) is 5.02. The molecule has 2 atom stereocenters. The van der Waals surface area contributed by atoms with Crippen LogP contribution < -0.4 is 5.32 Å². The average Bonchev–Trinajstić information content (AvgIpc) is 2.93. The van der Waals surface area contributed by atoms with Gasteiger partial charge in [0.15, 0.2) is 5.82 Å². The molecule has 1 aromatic heterocycles. The first-order valence-corrected chi connectivity index (χ1v) is 13.3. The van der Waals surface area contributed by atoms with Crippen LogP contribution >= 0.6 is 11.6 Å². The first kappa shape index (κ1) is 27.0. The van der Waals surface area contributed by atoms with Gasteiger partial charge in [-0.05, 0) is 72.4 Å². The van der Waals surface area contributed by atoms with Gasteiger partial charge in [0.2, 0.25) is 11.8 Å². The molecule has 202 valence electrons. The van der Waals surface area contributed by atoms with E-state index in [1.807, 2.05) is 25.1 Å². The van der Waals surface area contributed by atoms with Crippen LogP contribution in [0.1, 0.15) is 55.5 Å². The highest BCUT2D eigenvalue weighted by molar-refractivity contribution is 6.31. The molecule has 3 aromatic rings. The smallest absolute Gasteiger partial charge is 0.247 e. The summed E-state index contributed by atoms with van der Waals surface area (Å²) in [6, 6.07) is 10.9. The van der Waals surface area contributed by atoms with Gasteiger partial charge in [0, 0.05) is 36.0 Å². The molecule has 6 nitrogen and oxygen atoms in total. The van der Waals surface area contributed by atoms with E-state index in [9.17, 15) is 23.5 Å². The third-order valence-corrected chi connectivity index (χ3v) is 7.76. The molecule has 5 rings (SSSR count). The van der Waals surface area contributed by atoms with E-state index in [1.54, 1.807) is 23.2 Å². The van der Waals surface area contributed by atoms with Gasteiger partial charge in [-0.25, -0.2) is 8.78 Å². The minimum Gasteiger partial charge on any atom is -0.392 e. The summed E-state index contributed by atoms with van der Waals surface area (Å²) < 4.78 is 29.2. The van der Waals surface area contributed by atoms with Crippen molar-refractivity contribution in [1.29, 1.82) is 0 Å². The van der Waals surface area contributed by atoms with Crippen LogP contribution in [0.4, 0.5) is 14.5 Å². The molecule has 0 saturated carbocycles. The van der Waals surface area contributed by atoms with Gasteiger partial charge in [-0.1, -0.05) is 31.0 Å². The summed E-state index contributed by atoms with van der Waals surface area (Å²) in [5.41, 5.74) is 3.52. The largest absolute Gasteiger partial charge is 0.392 e. The number of hydrogen-bond donors (Lipinski definition) is 2. The summed E-state index contributed by atoms with van der Waals surface area (Å²) in [5, 5.41) is 12.5. The summed E-state index contributed by atoms with van der Waals surface area (Å²) in [6.45, 7) is 1.96. The summed E-state index contributed by atoms with van der Waals surface area (Å²) >= 11 is 5.88. The number of carbonyl (C=O) groups excluding carboxylic acids is 2. The molecule has 2 N–H and O–H groups in total. The molecule has 2 amide bonds. The Morgan fingerprint density at radius 1 is 1.13 bits per heavy atom. The van der Waals surface area contributed by atoms with Gasteiger partial charge in [0.05, 0.1) is 28.9 Å². The predicted octanol–water partition coefficient (Wildman–Crippen LogP) is 6.29. The van der Waals surface area contributed by atoms with Crippen molar-refractivity contribution in [1.82, 2.24) is 9.88 Å². The zero-order chi connectivity index (χ0) is 27.7. The Labute approximate surface area is 230 Å². The lowest BCUT2D eigenvalue weighted by molar-refractivity contribution is -0.129. The first-order valence-electron chi connectivity index (χ1n) is 12.9. The maximum atomic E-state index is 14.7. The first-order chi connectivity index (χ1) is 18.8. The topological polar surface area (TPSA) is 82.5 Å². The Kier molecular flexibility index (Phi) is 7.77. The van der Waals surface area contributed by atoms with Gasteiger partial charge in [0.25, 0.3) is 0 Å². The van der Waals surface area contributed by atoms with Crippen molar-refractivity contribution in [2.45, 2.75) is 45.3 Å². The van der Waals surface area contributed by atoms with E-state index in [2.05, 4.69) is 10.3 Å².